The van der Waals surface area contributed by atoms with E-state index in [4.69, 9.17) is 0 Å². The lowest BCUT2D eigenvalue weighted by Crippen LogP contribution is -2.08. The predicted octanol–water partition coefficient (Wildman–Crippen LogP) is 4.63. The second-order valence-electron chi connectivity index (χ2n) is 5.31. The first-order valence-electron chi connectivity index (χ1n) is 6.90. The normalized spacial score (nSPS) is 11.0. The number of thioether (sulfide) groups is 1. The number of nitrogens with one attached hydrogen (secondary N) is 1. The summed E-state index contributed by atoms with van der Waals surface area (Å²) in [5, 5.41) is 3.33. The Morgan fingerprint density at radius 1 is 1.36 bits per heavy atom. The lowest BCUT2D eigenvalue weighted by Gasteiger charge is -2.02. The Labute approximate surface area is 137 Å². The first-order valence-corrected chi connectivity index (χ1v) is 8.77. The van der Waals surface area contributed by atoms with Crippen molar-refractivity contribution in [1.82, 2.24) is 9.97 Å². The van der Waals surface area contributed by atoms with Gasteiger partial charge in [-0.3, -0.25) is 4.79 Å². The highest BCUT2D eigenvalue weighted by Gasteiger charge is 2.13. The van der Waals surface area contributed by atoms with Crippen molar-refractivity contribution in [3.8, 4) is 11.1 Å². The summed E-state index contributed by atoms with van der Waals surface area (Å²) < 4.78 is 0. The SMILES string of the molecule is C=C(C)CSc1nc2scc(-c3ccc(C)cc3)c2c(=O)[nH]1. The highest BCUT2D eigenvalue weighted by molar-refractivity contribution is 7.99. The van der Waals surface area contributed by atoms with Gasteiger partial charge in [0, 0.05) is 16.7 Å². The molecule has 0 saturated carbocycles. The minimum absolute atomic E-state index is 0.0777. The molecule has 0 saturated heterocycles. The van der Waals surface area contributed by atoms with E-state index in [9.17, 15) is 4.79 Å². The molecule has 1 N–H and O–H groups in total. The Bertz CT molecular complexity index is 891. The molecule has 0 bridgehead atoms. The lowest BCUT2D eigenvalue weighted by molar-refractivity contribution is 0.981. The van der Waals surface area contributed by atoms with Crippen molar-refractivity contribution < 1.29 is 0 Å². The summed E-state index contributed by atoms with van der Waals surface area (Å²) in [6.07, 6.45) is 0. The molecule has 0 amide bonds. The van der Waals surface area contributed by atoms with E-state index in [0.29, 0.717) is 10.5 Å². The summed E-state index contributed by atoms with van der Waals surface area (Å²) >= 11 is 3.01. The van der Waals surface area contributed by atoms with Crippen LogP contribution in [-0.4, -0.2) is 15.7 Å². The maximum absolute atomic E-state index is 12.4. The number of rotatable bonds is 4. The fourth-order valence-electron chi connectivity index (χ4n) is 2.13. The molecule has 0 atom stereocenters. The molecule has 0 spiro atoms. The first kappa shape index (κ1) is 15.1. The Morgan fingerprint density at radius 3 is 2.77 bits per heavy atom. The summed E-state index contributed by atoms with van der Waals surface area (Å²) in [4.78, 5) is 20.7. The van der Waals surface area contributed by atoms with Crippen LogP contribution in [0.15, 0.2) is 51.7 Å². The molecule has 3 aromatic rings. The summed E-state index contributed by atoms with van der Waals surface area (Å²) in [7, 11) is 0. The van der Waals surface area contributed by atoms with Gasteiger partial charge < -0.3 is 4.98 Å². The number of hydrogen-bond acceptors (Lipinski definition) is 4. The van der Waals surface area contributed by atoms with Gasteiger partial charge in [0.2, 0.25) is 0 Å². The number of H-pyrrole nitrogens is 1. The maximum atomic E-state index is 12.4. The summed E-state index contributed by atoms with van der Waals surface area (Å²) in [6.45, 7) is 7.88. The van der Waals surface area contributed by atoms with E-state index in [2.05, 4.69) is 35.6 Å². The Balaban J connectivity index is 2.06. The number of fused-ring (bicyclic) bond motifs is 1. The van der Waals surface area contributed by atoms with Gasteiger partial charge in [0.15, 0.2) is 5.16 Å². The quantitative estimate of drug-likeness (QED) is 0.431. The number of aromatic amines is 1. The second-order valence-corrected chi connectivity index (χ2v) is 7.13. The number of nitrogens with zero attached hydrogens (tertiary/aromatic N) is 1. The van der Waals surface area contributed by atoms with Crippen LogP contribution in [0.1, 0.15) is 12.5 Å². The van der Waals surface area contributed by atoms with Gasteiger partial charge >= 0.3 is 0 Å². The van der Waals surface area contributed by atoms with Crippen LogP contribution in [0, 0.1) is 6.92 Å². The van der Waals surface area contributed by atoms with E-state index >= 15 is 0 Å². The average Bonchev–Trinajstić information content (AvgIpc) is 2.90. The summed E-state index contributed by atoms with van der Waals surface area (Å²) in [5.41, 5.74) is 4.18. The van der Waals surface area contributed by atoms with Crippen molar-refractivity contribution >= 4 is 33.3 Å². The third kappa shape index (κ3) is 3.00. The minimum atomic E-state index is -0.0777. The second kappa shape index (κ2) is 6.10. The van der Waals surface area contributed by atoms with Crippen LogP contribution in [0.5, 0.6) is 0 Å². The smallest absolute Gasteiger partial charge is 0.260 e. The molecule has 22 heavy (non-hydrogen) atoms. The van der Waals surface area contributed by atoms with E-state index in [1.54, 1.807) is 0 Å². The molecule has 3 nitrogen and oxygen atoms in total. The number of aromatic nitrogens is 2. The highest BCUT2D eigenvalue weighted by Crippen LogP contribution is 2.31. The van der Waals surface area contributed by atoms with E-state index in [1.165, 1.54) is 28.7 Å². The predicted molar refractivity (Wildman–Crippen MR) is 96.0 cm³/mol. The fraction of sp³-hybridized carbons (Fsp3) is 0.176. The molecular formula is C17H16N2OS2. The van der Waals surface area contributed by atoms with Crippen molar-refractivity contribution in [1.29, 1.82) is 0 Å². The van der Waals surface area contributed by atoms with Crippen LogP contribution in [-0.2, 0) is 0 Å². The van der Waals surface area contributed by atoms with Crippen molar-refractivity contribution in [2.45, 2.75) is 19.0 Å². The molecule has 0 fully saturated rings. The van der Waals surface area contributed by atoms with Crippen LogP contribution >= 0.6 is 23.1 Å². The standard InChI is InChI=1S/C17H16N2OS2/c1-10(2)8-22-17-18-15(20)14-13(9-21-16(14)19-17)12-6-4-11(3)5-7-12/h4-7,9H,1,8H2,2-3H3,(H,18,19,20). The van der Waals surface area contributed by atoms with Crippen LogP contribution in [0.3, 0.4) is 0 Å². The Morgan fingerprint density at radius 2 is 2.09 bits per heavy atom. The molecule has 1 aromatic carbocycles. The topological polar surface area (TPSA) is 45.8 Å². The summed E-state index contributed by atoms with van der Waals surface area (Å²) in [6, 6.07) is 8.19. The van der Waals surface area contributed by atoms with Crippen molar-refractivity contribution in [3.05, 3.63) is 57.7 Å². The molecule has 0 aliphatic carbocycles. The Hall–Kier alpha value is -1.85. The van der Waals surface area contributed by atoms with Gasteiger partial charge in [-0.2, -0.15) is 0 Å². The van der Waals surface area contributed by atoms with Crippen molar-refractivity contribution in [2.75, 3.05) is 5.75 Å². The van der Waals surface area contributed by atoms with E-state index in [0.717, 1.165) is 27.3 Å². The van der Waals surface area contributed by atoms with Crippen LogP contribution in [0.2, 0.25) is 0 Å². The average molecular weight is 328 g/mol. The van der Waals surface area contributed by atoms with Crippen LogP contribution in [0.4, 0.5) is 0 Å². The number of hydrogen-bond donors (Lipinski definition) is 1. The molecule has 0 aliphatic rings. The van der Waals surface area contributed by atoms with Gasteiger partial charge in [0.05, 0.1) is 5.39 Å². The molecule has 3 rings (SSSR count). The van der Waals surface area contributed by atoms with Gasteiger partial charge in [-0.15, -0.1) is 11.3 Å². The monoisotopic (exact) mass is 328 g/mol. The molecule has 2 heterocycles. The molecule has 0 aliphatic heterocycles. The molecule has 5 heteroatoms. The summed E-state index contributed by atoms with van der Waals surface area (Å²) in [5.74, 6) is 0.755. The molecule has 0 unspecified atom stereocenters. The van der Waals surface area contributed by atoms with Gasteiger partial charge in [-0.25, -0.2) is 4.98 Å². The Kier molecular flexibility index (Phi) is 4.18. The van der Waals surface area contributed by atoms with Crippen LogP contribution < -0.4 is 5.56 Å². The zero-order valence-corrected chi connectivity index (χ0v) is 14.1. The third-order valence-corrected chi connectivity index (χ3v) is 5.22. The van der Waals surface area contributed by atoms with E-state index in [-0.39, 0.29) is 5.56 Å². The zero-order chi connectivity index (χ0) is 15.7. The number of benzene rings is 1. The molecule has 112 valence electrons. The molecule has 2 aromatic heterocycles. The lowest BCUT2D eigenvalue weighted by atomic mass is 10.1. The molecule has 0 radical (unpaired) electrons. The maximum Gasteiger partial charge on any atom is 0.260 e. The largest absolute Gasteiger partial charge is 0.301 e. The molecular weight excluding hydrogens is 312 g/mol. The zero-order valence-electron chi connectivity index (χ0n) is 12.5. The highest BCUT2D eigenvalue weighted by atomic mass is 32.2. The van der Waals surface area contributed by atoms with E-state index < -0.39 is 0 Å². The number of aryl methyl sites for hydroxylation is 1. The van der Waals surface area contributed by atoms with Gasteiger partial charge in [-0.1, -0.05) is 53.7 Å². The fourth-order valence-corrected chi connectivity index (χ4v) is 3.84. The third-order valence-electron chi connectivity index (χ3n) is 3.24. The van der Waals surface area contributed by atoms with Crippen molar-refractivity contribution in [2.24, 2.45) is 0 Å². The van der Waals surface area contributed by atoms with Gasteiger partial charge in [0.25, 0.3) is 5.56 Å². The number of thiophene rings is 1. The van der Waals surface area contributed by atoms with Gasteiger partial charge in [0.1, 0.15) is 4.83 Å². The minimum Gasteiger partial charge on any atom is -0.301 e. The van der Waals surface area contributed by atoms with Crippen LogP contribution in [0.25, 0.3) is 21.3 Å². The van der Waals surface area contributed by atoms with Crippen molar-refractivity contribution in [3.63, 3.8) is 0 Å². The van der Waals surface area contributed by atoms with E-state index in [1.807, 2.05) is 24.4 Å². The first-order chi connectivity index (χ1) is 10.5. The van der Waals surface area contributed by atoms with Gasteiger partial charge in [-0.05, 0) is 19.4 Å².